The van der Waals surface area contributed by atoms with Gasteiger partial charge < -0.3 is 101 Å². The zero-order valence-corrected chi connectivity index (χ0v) is 65.1. The Hall–Kier alpha value is -4.43. The molecule has 5 aromatic carbocycles. The van der Waals surface area contributed by atoms with Crippen molar-refractivity contribution in [1.29, 1.82) is 0 Å². The normalized spacial score (nSPS) is 19.5. The molecule has 0 saturated carbocycles. The minimum absolute atomic E-state index is 0. The van der Waals surface area contributed by atoms with Crippen LogP contribution in [0.4, 0.5) is 0 Å². The average Bonchev–Trinajstić information content (AvgIpc) is 1.18. The van der Waals surface area contributed by atoms with Gasteiger partial charge in [0.05, 0.1) is 84.4 Å². The van der Waals surface area contributed by atoms with Crippen LogP contribution in [0.5, 0.6) is 63.2 Å². The molecule has 0 spiro atoms. The number of likely N-dealkylation sites (N-methyl/N-ethyl adjacent to an activating group) is 1. The Labute approximate surface area is 626 Å². The van der Waals surface area contributed by atoms with Gasteiger partial charge in [0.15, 0.2) is 57.5 Å². The maximum atomic E-state index is 9.14. The molecule has 0 bridgehead atoms. The Balaban J connectivity index is 0.000000404. The molecule has 5 saturated heterocycles. The standard InChI is InChI=1S/2C15H22O4.C15H22O3.C15H20O3.C14H21NO3.2CH3.2Y/c1-3-17-14-8-7-12(16-2)10-15(14)19-11-13-6-4-5-9-18-13;1-2-17-15-9-12(10-16)6-7-14(15)19-11-13-5-3-4-8-18-13;2*1-3-16-14-6-4-5-7-15(14)18-11-13-9-8-12(2)10-17-13;1-3-16-13-6-4-5-7-14(13)18-11-12-10-15(2)8-9-17-12;;;;/h7-8,10,13H,3-6,9,11H2,1-2H3;6-7,9,13,16H,2-5,8,10-11H2,1H3;4-7,12-13H,3,8-11H2,1-2H3;4-7,13H,2-3,8-11H2,1H3;4-7,12H,3,8-11H2,1-2H3;2*1H3;;/q;;;;;2*-1;;. The van der Waals surface area contributed by atoms with E-state index < -0.39 is 0 Å². The van der Waals surface area contributed by atoms with Gasteiger partial charge in [-0.2, -0.15) is 0 Å². The van der Waals surface area contributed by atoms with E-state index >= 15 is 0 Å². The molecule has 0 aliphatic carbocycles. The molecule has 1 N–H and O–H groups in total. The van der Waals surface area contributed by atoms with E-state index in [9.17, 15) is 0 Å². The van der Waals surface area contributed by atoms with E-state index in [1.165, 1.54) is 24.8 Å². The zero-order chi connectivity index (χ0) is 65.4. The van der Waals surface area contributed by atoms with Crippen molar-refractivity contribution in [3.63, 3.8) is 0 Å². The third-order valence-electron chi connectivity index (χ3n) is 15.3. The summed E-state index contributed by atoms with van der Waals surface area (Å²) in [4.78, 5) is 2.26. The second-order valence-electron chi connectivity index (χ2n) is 22.9. The molecule has 20 heteroatoms. The Kier molecular flexibility index (Phi) is 48.0. The van der Waals surface area contributed by atoms with E-state index in [0.29, 0.717) is 90.1 Å². The van der Waals surface area contributed by atoms with Crippen LogP contribution in [0.3, 0.4) is 0 Å². The van der Waals surface area contributed by atoms with Gasteiger partial charge in [0.2, 0.25) is 0 Å². The van der Waals surface area contributed by atoms with Gasteiger partial charge in [-0.25, -0.2) is 0 Å². The van der Waals surface area contributed by atoms with E-state index in [1.807, 2.05) is 144 Å². The van der Waals surface area contributed by atoms with Crippen molar-refractivity contribution < 1.29 is 146 Å². The van der Waals surface area contributed by atoms with Gasteiger partial charge in [-0.1, -0.05) is 61.5 Å². The fourth-order valence-electron chi connectivity index (χ4n) is 10.3. The molecule has 0 aromatic heterocycles. The smallest absolute Gasteiger partial charge is 0.164 e. The van der Waals surface area contributed by atoms with Crippen molar-refractivity contribution in [2.75, 3.05) is 126 Å². The molecule has 6 atom stereocenters. The Morgan fingerprint density at radius 3 is 1.25 bits per heavy atom. The van der Waals surface area contributed by atoms with Gasteiger partial charge >= 0.3 is 0 Å². The number of ether oxygens (including phenoxy) is 16. The molecule has 532 valence electrons. The fraction of sp³-hybridized carbons (Fsp3) is 0.553. The molecule has 0 amide bonds. The molecule has 5 aromatic rings. The van der Waals surface area contributed by atoms with Crippen molar-refractivity contribution in [2.45, 2.75) is 143 Å². The van der Waals surface area contributed by atoms with Gasteiger partial charge in [0.1, 0.15) is 44.9 Å². The monoisotopic (exact) mass is 1490 g/mol. The summed E-state index contributed by atoms with van der Waals surface area (Å²) in [7, 11) is 3.74. The largest absolute Gasteiger partial charge is 0.497 e. The predicted octanol–water partition coefficient (Wildman–Crippen LogP) is 14.7. The number of nitrogens with zero attached hydrogens (tertiary/aromatic N) is 1. The second-order valence-corrected chi connectivity index (χ2v) is 22.9. The molecule has 10 rings (SSSR count). The number of hydrogen-bond donors (Lipinski definition) is 1. The Morgan fingerprint density at radius 2 is 0.844 bits per heavy atom. The number of aliphatic hydroxyl groups excluding tert-OH is 1. The summed E-state index contributed by atoms with van der Waals surface area (Å²) in [5, 5.41) is 9.14. The average molecular weight is 1490 g/mol. The molecule has 5 fully saturated rings. The van der Waals surface area contributed by atoms with E-state index in [0.717, 1.165) is 142 Å². The molecule has 2 radical (unpaired) electrons. The van der Waals surface area contributed by atoms with Crippen LogP contribution in [0, 0.1) is 20.8 Å². The first-order chi connectivity index (χ1) is 45.0. The summed E-state index contributed by atoms with van der Waals surface area (Å²) < 4.78 is 90.3. The van der Waals surface area contributed by atoms with Gasteiger partial charge in [-0.05, 0) is 178 Å². The van der Waals surface area contributed by atoms with Crippen molar-refractivity contribution in [3.05, 3.63) is 142 Å². The summed E-state index contributed by atoms with van der Waals surface area (Å²) in [6.07, 6.45) is 12.0. The predicted molar refractivity (Wildman–Crippen MR) is 372 cm³/mol. The number of morpholine rings is 1. The first kappa shape index (κ1) is 87.7. The number of para-hydroxylation sites is 6. The van der Waals surface area contributed by atoms with Crippen LogP contribution in [0.1, 0.15) is 111 Å². The summed E-state index contributed by atoms with van der Waals surface area (Å²) in [5.41, 5.74) is 1.99. The number of hydrogen-bond acceptors (Lipinski definition) is 18. The summed E-state index contributed by atoms with van der Waals surface area (Å²) in [5.74, 6) is 9.09. The van der Waals surface area contributed by atoms with Crippen molar-refractivity contribution in [3.8, 4) is 63.2 Å². The molecule has 96 heavy (non-hydrogen) atoms. The maximum absolute atomic E-state index is 9.14. The van der Waals surface area contributed by atoms with Gasteiger partial charge in [-0.3, -0.25) is 0 Å². The summed E-state index contributed by atoms with van der Waals surface area (Å²) in [6, 6.07) is 34.4. The van der Waals surface area contributed by atoms with Crippen LogP contribution in [0.25, 0.3) is 0 Å². The van der Waals surface area contributed by atoms with E-state index in [1.54, 1.807) is 7.11 Å². The quantitative estimate of drug-likeness (QED) is 0.0388. The van der Waals surface area contributed by atoms with Gasteiger partial charge in [-0.15, -0.1) is 0 Å². The molecular formula is C76H113NO17Y2-2. The molecule has 5 heterocycles. The number of aliphatic hydroxyl groups is 1. The summed E-state index contributed by atoms with van der Waals surface area (Å²) >= 11 is 0. The van der Waals surface area contributed by atoms with Gasteiger partial charge in [0.25, 0.3) is 0 Å². The zero-order valence-electron chi connectivity index (χ0n) is 59.4. The maximum Gasteiger partial charge on any atom is 0.164 e. The Morgan fingerprint density at radius 1 is 0.448 bits per heavy atom. The van der Waals surface area contributed by atoms with Crippen LogP contribution < -0.4 is 52.1 Å². The number of methoxy groups -OCH3 is 1. The Bertz CT molecular complexity index is 2770. The van der Waals surface area contributed by atoms with E-state index in [2.05, 4.69) is 25.5 Å². The minimum Gasteiger partial charge on any atom is -0.497 e. The molecular weight excluding hydrogens is 1380 g/mol. The van der Waals surface area contributed by atoms with Gasteiger partial charge in [0, 0.05) is 104 Å². The third-order valence-corrected chi connectivity index (χ3v) is 15.3. The van der Waals surface area contributed by atoms with Crippen LogP contribution in [-0.4, -0.2) is 167 Å². The minimum atomic E-state index is 0. The first-order valence-corrected chi connectivity index (χ1v) is 33.4. The van der Waals surface area contributed by atoms with E-state index in [4.69, 9.17) is 80.9 Å². The van der Waals surface area contributed by atoms with Crippen LogP contribution in [-0.2, 0) is 95.7 Å². The fourth-order valence-corrected chi connectivity index (χ4v) is 10.3. The summed E-state index contributed by atoms with van der Waals surface area (Å²) in [6.45, 7) is 27.8. The molecule has 5 aliphatic rings. The van der Waals surface area contributed by atoms with Crippen molar-refractivity contribution in [1.82, 2.24) is 4.90 Å². The molecule has 18 nitrogen and oxygen atoms in total. The topological polar surface area (TPSA) is 171 Å². The van der Waals surface area contributed by atoms with Crippen molar-refractivity contribution >= 4 is 0 Å². The molecule has 6 unspecified atom stereocenters. The first-order valence-electron chi connectivity index (χ1n) is 33.4. The number of benzene rings is 5. The number of rotatable bonds is 27. The van der Waals surface area contributed by atoms with Crippen LogP contribution >= 0.6 is 0 Å². The second kappa shape index (κ2) is 52.6. The SMILES string of the molecule is C=C1CCC(COc2ccccc2OCC)OC1.CCOc1cc(CO)ccc1OCC1CCCCO1.CCOc1ccc(OC)cc1OCC1CCCCO1.CCOc1ccccc1OCC1CCC(C)CO1.CCOc1ccccc1OCC1CN(C)CCO1.[CH3-].[CH3-].[Y].[Y]. The van der Waals surface area contributed by atoms with Crippen molar-refractivity contribution in [2.24, 2.45) is 5.92 Å². The van der Waals surface area contributed by atoms with Crippen LogP contribution in [0.15, 0.2) is 121 Å². The van der Waals surface area contributed by atoms with Crippen LogP contribution in [0.2, 0.25) is 0 Å². The molecule has 5 aliphatic heterocycles. The third kappa shape index (κ3) is 33.6. The van der Waals surface area contributed by atoms with E-state index in [-0.39, 0.29) is 117 Å².